The van der Waals surface area contributed by atoms with Gasteiger partial charge < -0.3 is 4.98 Å². The summed E-state index contributed by atoms with van der Waals surface area (Å²) in [5.41, 5.74) is 6.16. The topological polar surface area (TPSA) is 105 Å². The van der Waals surface area contributed by atoms with Crippen LogP contribution >= 0.6 is 11.6 Å². The van der Waals surface area contributed by atoms with Gasteiger partial charge in [0.05, 0.1) is 33.7 Å². The van der Waals surface area contributed by atoms with Gasteiger partial charge >= 0.3 is 0 Å². The number of aromatic amines is 1. The Morgan fingerprint density at radius 2 is 1.63 bits per heavy atom. The van der Waals surface area contributed by atoms with Gasteiger partial charge in [0.1, 0.15) is 0 Å². The van der Waals surface area contributed by atoms with Crippen molar-refractivity contribution in [2.24, 2.45) is 0 Å². The Balaban J connectivity index is 1.97. The first-order valence-electron chi connectivity index (χ1n) is 11.0. The van der Waals surface area contributed by atoms with Crippen LogP contribution in [0.25, 0.3) is 33.4 Å². The van der Waals surface area contributed by atoms with E-state index < -0.39 is 10.0 Å². The van der Waals surface area contributed by atoms with Gasteiger partial charge in [0, 0.05) is 28.1 Å². The minimum atomic E-state index is -3.43. The molecule has 182 valence electrons. The third-order valence-electron chi connectivity index (χ3n) is 5.68. The maximum atomic E-state index is 12.8. The lowest BCUT2D eigenvalue weighted by Gasteiger charge is -2.21. The maximum Gasteiger partial charge on any atom is 0.256 e. The van der Waals surface area contributed by atoms with Crippen LogP contribution in [0.2, 0.25) is 5.02 Å². The Labute approximate surface area is 209 Å². The molecule has 4 rings (SSSR count). The number of nitrogens with one attached hydrogen (secondary N) is 2. The molecule has 0 saturated carbocycles. The molecule has 7 nitrogen and oxygen atoms in total. The monoisotopic (exact) mass is 510 g/mol. The first-order valence-corrected chi connectivity index (χ1v) is 13.3. The lowest BCUT2D eigenvalue weighted by molar-refractivity contribution is 0.591. The zero-order chi connectivity index (χ0) is 25.7. The van der Waals surface area contributed by atoms with Crippen molar-refractivity contribution in [3.8, 4) is 22.4 Å². The van der Waals surface area contributed by atoms with E-state index >= 15 is 0 Å². The molecule has 0 saturated heterocycles. The predicted octanol–water partition coefficient (Wildman–Crippen LogP) is 5.59. The molecular formula is C26H27ClN4O3S. The molecule has 0 amide bonds. The van der Waals surface area contributed by atoms with Crippen molar-refractivity contribution in [1.29, 1.82) is 0 Å². The second-order valence-electron chi connectivity index (χ2n) is 9.75. The smallest absolute Gasteiger partial charge is 0.256 e. The van der Waals surface area contributed by atoms with Crippen LogP contribution < -0.4 is 10.3 Å². The van der Waals surface area contributed by atoms with Gasteiger partial charge in [0.2, 0.25) is 10.0 Å². The van der Waals surface area contributed by atoms with Crippen molar-refractivity contribution < 1.29 is 8.42 Å². The molecule has 0 aliphatic carbocycles. The lowest BCUT2D eigenvalue weighted by atomic mass is 9.84. The van der Waals surface area contributed by atoms with Crippen LogP contribution in [0.5, 0.6) is 0 Å². The highest BCUT2D eigenvalue weighted by Crippen LogP contribution is 2.36. The van der Waals surface area contributed by atoms with E-state index in [-0.39, 0.29) is 11.0 Å². The summed E-state index contributed by atoms with van der Waals surface area (Å²) in [4.78, 5) is 25.5. The van der Waals surface area contributed by atoms with Crippen molar-refractivity contribution in [3.63, 3.8) is 0 Å². The third kappa shape index (κ3) is 5.23. The molecule has 0 fully saturated rings. The third-order valence-corrected chi connectivity index (χ3v) is 6.60. The van der Waals surface area contributed by atoms with Crippen molar-refractivity contribution in [1.82, 2.24) is 15.0 Å². The summed E-state index contributed by atoms with van der Waals surface area (Å²) in [6.07, 6.45) is 1.08. The predicted molar refractivity (Wildman–Crippen MR) is 143 cm³/mol. The Bertz CT molecular complexity index is 1640. The van der Waals surface area contributed by atoms with Gasteiger partial charge in [-0.1, -0.05) is 32.4 Å². The van der Waals surface area contributed by atoms with E-state index in [2.05, 4.69) is 30.5 Å². The molecule has 35 heavy (non-hydrogen) atoms. The molecule has 0 spiro atoms. The molecule has 0 atom stereocenters. The first-order chi connectivity index (χ1) is 16.2. The van der Waals surface area contributed by atoms with Gasteiger partial charge in [-0.2, -0.15) is 0 Å². The van der Waals surface area contributed by atoms with Crippen molar-refractivity contribution in [2.45, 2.75) is 40.0 Å². The molecule has 2 aromatic carbocycles. The minimum Gasteiger partial charge on any atom is -0.326 e. The summed E-state index contributed by atoms with van der Waals surface area (Å²) in [6.45, 7) is 9.98. The van der Waals surface area contributed by atoms with Crippen LogP contribution in [0.1, 0.15) is 37.7 Å². The second kappa shape index (κ2) is 8.77. The molecule has 9 heteroatoms. The van der Waals surface area contributed by atoms with E-state index in [1.165, 1.54) is 0 Å². The largest absolute Gasteiger partial charge is 0.326 e. The average molecular weight is 511 g/mol. The number of benzene rings is 2. The Morgan fingerprint density at radius 3 is 2.23 bits per heavy atom. The standard InChI is InChI=1S/C26H27ClN4O3S/c1-14-7-9-18(25(32)28-14)20-11-16(26(3,4)5)12-22-24(20)29-15(2)23(30-22)19-10-8-17(13-21(19)27)31-35(6,33)34/h7-13,31H,1-6H3,(H,28,32). The molecule has 2 N–H and O–H groups in total. The molecule has 2 heterocycles. The minimum absolute atomic E-state index is 0.183. The number of hydrogen-bond donors (Lipinski definition) is 2. The zero-order valence-electron chi connectivity index (χ0n) is 20.4. The van der Waals surface area contributed by atoms with Crippen LogP contribution in [-0.4, -0.2) is 29.6 Å². The molecule has 0 radical (unpaired) electrons. The number of fused-ring (bicyclic) bond motifs is 1. The lowest BCUT2D eigenvalue weighted by Crippen LogP contribution is -2.14. The van der Waals surface area contributed by atoms with E-state index in [0.717, 1.165) is 23.1 Å². The molecular weight excluding hydrogens is 484 g/mol. The van der Waals surface area contributed by atoms with E-state index in [0.29, 0.717) is 44.3 Å². The number of sulfonamides is 1. The van der Waals surface area contributed by atoms with E-state index in [9.17, 15) is 13.2 Å². The molecule has 4 aromatic rings. The van der Waals surface area contributed by atoms with Gasteiger partial charge in [-0.25, -0.2) is 18.4 Å². The van der Waals surface area contributed by atoms with Crippen LogP contribution in [-0.2, 0) is 15.4 Å². The summed E-state index contributed by atoms with van der Waals surface area (Å²) >= 11 is 6.53. The second-order valence-corrected chi connectivity index (χ2v) is 11.9. The fourth-order valence-electron chi connectivity index (χ4n) is 3.91. The number of anilines is 1. The normalized spacial score (nSPS) is 12.2. The van der Waals surface area contributed by atoms with E-state index in [1.807, 2.05) is 38.1 Å². The number of hydrogen-bond acceptors (Lipinski definition) is 5. The van der Waals surface area contributed by atoms with Crippen LogP contribution in [0.15, 0.2) is 47.3 Å². The van der Waals surface area contributed by atoms with E-state index in [1.54, 1.807) is 18.2 Å². The average Bonchev–Trinajstić information content (AvgIpc) is 2.71. The summed E-state index contributed by atoms with van der Waals surface area (Å²) < 4.78 is 25.6. The van der Waals surface area contributed by atoms with Crippen molar-refractivity contribution in [2.75, 3.05) is 11.0 Å². The van der Waals surface area contributed by atoms with Gasteiger partial charge in [-0.15, -0.1) is 0 Å². The Hall–Kier alpha value is -3.23. The number of aryl methyl sites for hydroxylation is 2. The first kappa shape index (κ1) is 24.9. The number of pyridine rings is 1. The number of H-pyrrole nitrogens is 1. The summed E-state index contributed by atoms with van der Waals surface area (Å²) in [6, 6.07) is 12.6. The van der Waals surface area contributed by atoms with Gasteiger partial charge in [0.25, 0.3) is 5.56 Å². The van der Waals surface area contributed by atoms with Gasteiger partial charge in [0.15, 0.2) is 0 Å². The van der Waals surface area contributed by atoms with Crippen molar-refractivity contribution in [3.05, 3.63) is 74.8 Å². The molecule has 2 aromatic heterocycles. The van der Waals surface area contributed by atoms with E-state index in [4.69, 9.17) is 21.6 Å². The summed E-state index contributed by atoms with van der Waals surface area (Å²) in [7, 11) is -3.43. The fourth-order valence-corrected chi connectivity index (χ4v) is 4.73. The quantitative estimate of drug-likeness (QED) is 0.372. The van der Waals surface area contributed by atoms with Crippen LogP contribution in [0.3, 0.4) is 0 Å². The summed E-state index contributed by atoms with van der Waals surface area (Å²) in [5.74, 6) is 0. The molecule has 0 unspecified atom stereocenters. The number of nitrogens with zero attached hydrogens (tertiary/aromatic N) is 2. The van der Waals surface area contributed by atoms with Crippen molar-refractivity contribution >= 4 is 38.3 Å². The molecule has 0 aliphatic heterocycles. The SMILES string of the molecule is Cc1ccc(-c2cc(C(C)(C)C)cc3nc(-c4ccc(NS(C)(=O)=O)cc4Cl)c(C)nc23)c(=O)[nH]1. The number of rotatable bonds is 4. The highest BCUT2D eigenvalue weighted by molar-refractivity contribution is 7.92. The summed E-state index contributed by atoms with van der Waals surface area (Å²) in [5, 5.41) is 0.345. The highest BCUT2D eigenvalue weighted by Gasteiger charge is 2.21. The fraction of sp³-hybridized carbons (Fsp3) is 0.269. The van der Waals surface area contributed by atoms with Crippen LogP contribution in [0.4, 0.5) is 5.69 Å². The highest BCUT2D eigenvalue weighted by atomic mass is 35.5. The zero-order valence-corrected chi connectivity index (χ0v) is 22.0. The number of aromatic nitrogens is 3. The van der Waals surface area contributed by atoms with Gasteiger partial charge in [-0.05, 0) is 67.3 Å². The molecule has 0 bridgehead atoms. The Morgan fingerprint density at radius 1 is 0.943 bits per heavy atom. The van der Waals surface area contributed by atoms with Crippen LogP contribution in [0, 0.1) is 13.8 Å². The molecule has 0 aliphatic rings. The number of halogens is 1. The Kier molecular flexibility index (Phi) is 6.23. The maximum absolute atomic E-state index is 12.8. The van der Waals surface area contributed by atoms with Gasteiger partial charge in [-0.3, -0.25) is 9.52 Å².